The van der Waals surface area contributed by atoms with Crippen LogP contribution in [0.5, 0.6) is 17.2 Å². The van der Waals surface area contributed by atoms with Crippen LogP contribution in [0.25, 0.3) is 0 Å². The Morgan fingerprint density at radius 1 is 1.14 bits per heavy atom. The second-order valence-corrected chi connectivity index (χ2v) is 7.57. The van der Waals surface area contributed by atoms with Crippen LogP contribution < -0.4 is 14.2 Å². The molecular formula is C20H29NO6S. The molecular weight excluding hydrogens is 382 g/mol. The molecule has 1 heterocycles. The van der Waals surface area contributed by atoms with Gasteiger partial charge in [0.15, 0.2) is 11.5 Å². The number of nitrogens with zero attached hydrogens (tertiary/aromatic N) is 1. The molecule has 1 aromatic carbocycles. The third kappa shape index (κ3) is 5.47. The molecule has 1 unspecified atom stereocenters. The predicted molar refractivity (Wildman–Crippen MR) is 108 cm³/mol. The highest BCUT2D eigenvalue weighted by Crippen LogP contribution is 2.44. The van der Waals surface area contributed by atoms with Crippen molar-refractivity contribution in [1.82, 2.24) is 4.90 Å². The van der Waals surface area contributed by atoms with Gasteiger partial charge in [-0.25, -0.2) is 0 Å². The Hall–Kier alpha value is -2.09. The van der Waals surface area contributed by atoms with Crippen LogP contribution in [-0.4, -0.2) is 57.0 Å². The average molecular weight is 412 g/mol. The largest absolute Gasteiger partial charge is 0.493 e. The van der Waals surface area contributed by atoms with Crippen LogP contribution in [0, 0.1) is 0 Å². The van der Waals surface area contributed by atoms with Crippen molar-refractivity contribution in [3.63, 3.8) is 0 Å². The minimum absolute atomic E-state index is 0.0667. The lowest BCUT2D eigenvalue weighted by molar-refractivity contribution is -0.150. The molecule has 0 radical (unpaired) electrons. The lowest BCUT2D eigenvalue weighted by Gasteiger charge is -2.35. The van der Waals surface area contributed by atoms with Gasteiger partial charge in [-0.2, -0.15) is 0 Å². The fourth-order valence-corrected chi connectivity index (χ4v) is 4.25. The van der Waals surface area contributed by atoms with Gasteiger partial charge < -0.3 is 23.8 Å². The minimum Gasteiger partial charge on any atom is -0.493 e. The first-order valence-corrected chi connectivity index (χ1v) is 10.5. The number of amides is 1. The molecule has 0 N–H and O–H groups in total. The van der Waals surface area contributed by atoms with Gasteiger partial charge in [-0.15, -0.1) is 11.8 Å². The van der Waals surface area contributed by atoms with Crippen LogP contribution >= 0.6 is 11.8 Å². The third-order valence-corrected chi connectivity index (χ3v) is 5.76. The summed E-state index contributed by atoms with van der Waals surface area (Å²) in [6.07, 6.45) is 3.30. The van der Waals surface area contributed by atoms with Gasteiger partial charge in [0.05, 0.1) is 27.9 Å². The summed E-state index contributed by atoms with van der Waals surface area (Å²) in [5.74, 6) is 1.74. The van der Waals surface area contributed by atoms with Gasteiger partial charge in [0.2, 0.25) is 11.7 Å². The number of hydrogen-bond donors (Lipinski definition) is 0. The molecule has 1 saturated heterocycles. The number of rotatable bonds is 10. The summed E-state index contributed by atoms with van der Waals surface area (Å²) in [5, 5.41) is -0.321. The van der Waals surface area contributed by atoms with E-state index >= 15 is 0 Å². The maximum absolute atomic E-state index is 12.5. The Bertz CT molecular complexity index is 656. The smallest absolute Gasteiger partial charge is 0.325 e. The van der Waals surface area contributed by atoms with Gasteiger partial charge in [0, 0.05) is 12.2 Å². The average Bonchev–Trinajstić information content (AvgIpc) is 2.71. The number of thioether (sulfide) groups is 1. The first-order chi connectivity index (χ1) is 13.5. The first-order valence-electron chi connectivity index (χ1n) is 9.42. The van der Waals surface area contributed by atoms with Gasteiger partial charge in [-0.05, 0) is 24.1 Å². The van der Waals surface area contributed by atoms with E-state index in [2.05, 4.69) is 6.92 Å². The molecule has 0 saturated carbocycles. The molecule has 7 nitrogen and oxygen atoms in total. The summed E-state index contributed by atoms with van der Waals surface area (Å²) in [4.78, 5) is 26.4. The molecule has 1 aliphatic heterocycles. The van der Waals surface area contributed by atoms with E-state index in [1.54, 1.807) is 38.0 Å². The minimum atomic E-state index is -0.385. The highest BCUT2D eigenvalue weighted by Gasteiger charge is 2.33. The van der Waals surface area contributed by atoms with Crippen molar-refractivity contribution in [1.29, 1.82) is 0 Å². The van der Waals surface area contributed by atoms with E-state index in [0.29, 0.717) is 36.0 Å². The summed E-state index contributed by atoms with van der Waals surface area (Å²) in [6.45, 7) is 2.41. The van der Waals surface area contributed by atoms with E-state index in [1.807, 2.05) is 12.1 Å². The number of unbranched alkanes of at least 4 members (excludes halogenated alkanes) is 2. The topological polar surface area (TPSA) is 74.3 Å². The van der Waals surface area contributed by atoms with Crippen molar-refractivity contribution >= 4 is 23.6 Å². The highest BCUT2D eigenvalue weighted by molar-refractivity contribution is 7.99. The van der Waals surface area contributed by atoms with E-state index < -0.39 is 0 Å². The molecule has 1 amide bonds. The van der Waals surface area contributed by atoms with E-state index in [9.17, 15) is 9.59 Å². The Kier molecular flexibility index (Phi) is 8.76. The number of ether oxygens (including phenoxy) is 4. The molecule has 1 fully saturated rings. The van der Waals surface area contributed by atoms with Crippen molar-refractivity contribution in [2.45, 2.75) is 38.0 Å². The fraction of sp³-hybridized carbons (Fsp3) is 0.600. The molecule has 8 heteroatoms. The molecule has 0 aromatic heterocycles. The number of methoxy groups -OCH3 is 3. The van der Waals surface area contributed by atoms with Crippen LogP contribution in [-0.2, 0) is 14.3 Å². The zero-order valence-corrected chi connectivity index (χ0v) is 17.8. The van der Waals surface area contributed by atoms with Crippen molar-refractivity contribution in [2.75, 3.05) is 40.2 Å². The van der Waals surface area contributed by atoms with Crippen LogP contribution in [0.4, 0.5) is 0 Å². The first kappa shape index (κ1) is 22.2. The molecule has 156 valence electrons. The Balaban J connectivity index is 2.21. The summed E-state index contributed by atoms with van der Waals surface area (Å²) in [5.41, 5.74) is 0.811. The van der Waals surface area contributed by atoms with E-state index in [-0.39, 0.29) is 23.8 Å². The summed E-state index contributed by atoms with van der Waals surface area (Å²) < 4.78 is 21.5. The molecule has 0 bridgehead atoms. The van der Waals surface area contributed by atoms with Gasteiger partial charge in [-0.3, -0.25) is 9.59 Å². The normalized spacial score (nSPS) is 16.6. The molecule has 0 spiro atoms. The summed E-state index contributed by atoms with van der Waals surface area (Å²) >= 11 is 1.60. The maximum atomic E-state index is 12.5. The Morgan fingerprint density at radius 3 is 2.39 bits per heavy atom. The van der Waals surface area contributed by atoms with Crippen LogP contribution in [0.2, 0.25) is 0 Å². The van der Waals surface area contributed by atoms with E-state index in [0.717, 1.165) is 24.8 Å². The number of carbonyl (C=O) groups is 2. The van der Waals surface area contributed by atoms with Gasteiger partial charge in [-0.1, -0.05) is 19.8 Å². The second-order valence-electron chi connectivity index (χ2n) is 6.38. The quantitative estimate of drug-likeness (QED) is 0.431. The van der Waals surface area contributed by atoms with Crippen molar-refractivity contribution in [3.8, 4) is 17.2 Å². The van der Waals surface area contributed by atoms with Crippen LogP contribution in [0.1, 0.15) is 43.5 Å². The highest BCUT2D eigenvalue weighted by atomic mass is 32.2. The van der Waals surface area contributed by atoms with Gasteiger partial charge in [0.1, 0.15) is 11.9 Å². The molecule has 1 atom stereocenters. The van der Waals surface area contributed by atoms with E-state index in [4.69, 9.17) is 18.9 Å². The lowest BCUT2D eigenvalue weighted by atomic mass is 10.1. The van der Waals surface area contributed by atoms with Crippen molar-refractivity contribution in [3.05, 3.63) is 17.7 Å². The molecule has 2 rings (SSSR count). The zero-order chi connectivity index (χ0) is 20.5. The fourth-order valence-electron chi connectivity index (χ4n) is 3.04. The summed E-state index contributed by atoms with van der Waals surface area (Å²) in [6, 6.07) is 3.63. The molecule has 1 aliphatic rings. The Morgan fingerprint density at radius 2 is 1.82 bits per heavy atom. The van der Waals surface area contributed by atoms with Crippen LogP contribution in [0.3, 0.4) is 0 Å². The maximum Gasteiger partial charge on any atom is 0.325 e. The number of hydrogen-bond acceptors (Lipinski definition) is 7. The third-order valence-electron chi connectivity index (χ3n) is 4.48. The van der Waals surface area contributed by atoms with Crippen LogP contribution in [0.15, 0.2) is 12.1 Å². The van der Waals surface area contributed by atoms with Gasteiger partial charge >= 0.3 is 5.97 Å². The SMILES string of the molecule is CCCCCOC(=O)CN1C(=O)CCSC1c1cc(OC)c(OC)c(OC)c1. The molecule has 1 aromatic rings. The predicted octanol–water partition coefficient (Wildman–Crippen LogP) is 3.41. The summed E-state index contributed by atoms with van der Waals surface area (Å²) in [7, 11) is 4.64. The van der Waals surface area contributed by atoms with E-state index in [1.165, 1.54) is 0 Å². The van der Waals surface area contributed by atoms with Crippen molar-refractivity contribution in [2.24, 2.45) is 0 Å². The standard InChI is InChI=1S/C20H29NO6S/c1-5-6-7-9-27-18(23)13-21-17(22)8-10-28-20(21)14-11-15(24-2)19(26-4)16(12-14)25-3/h11-12,20H,5-10,13H2,1-4H3. The molecule has 0 aliphatic carbocycles. The second kappa shape index (κ2) is 11.0. The zero-order valence-electron chi connectivity index (χ0n) is 17.0. The monoisotopic (exact) mass is 411 g/mol. The molecule has 28 heavy (non-hydrogen) atoms. The lowest BCUT2D eigenvalue weighted by Crippen LogP contribution is -2.41. The van der Waals surface area contributed by atoms with Crippen molar-refractivity contribution < 1.29 is 28.5 Å². The number of benzene rings is 1. The number of esters is 1. The Labute approximate surface area is 170 Å². The number of carbonyl (C=O) groups excluding carboxylic acids is 2. The van der Waals surface area contributed by atoms with Gasteiger partial charge in [0.25, 0.3) is 0 Å².